The first kappa shape index (κ1) is 28.5. The molecule has 2 fully saturated rings. The number of ketones is 1. The summed E-state index contributed by atoms with van der Waals surface area (Å²) in [5, 5.41) is 3.55. The zero-order valence-corrected chi connectivity index (χ0v) is 24.9. The number of aryl methyl sites for hydroxylation is 2. The van der Waals surface area contributed by atoms with Crippen LogP contribution in [0.5, 0.6) is 5.75 Å². The average Bonchev–Trinajstić information content (AvgIpc) is 3.41. The van der Waals surface area contributed by atoms with E-state index in [0.29, 0.717) is 41.3 Å². The fraction of sp³-hybridized carbons (Fsp3) is 0.621. The zero-order chi connectivity index (χ0) is 27.8. The van der Waals surface area contributed by atoms with Crippen LogP contribution in [0.4, 0.5) is 5.13 Å². The molecule has 0 bridgehead atoms. The third-order valence-corrected chi connectivity index (χ3v) is 11.4. The van der Waals surface area contributed by atoms with Crippen molar-refractivity contribution in [3.63, 3.8) is 0 Å². The van der Waals surface area contributed by atoms with Crippen LogP contribution >= 0.6 is 19.2 Å². The number of thiazole rings is 1. The van der Waals surface area contributed by atoms with Crippen molar-refractivity contribution in [2.45, 2.75) is 78.6 Å². The van der Waals surface area contributed by atoms with Gasteiger partial charge in [-0.3, -0.25) is 18.6 Å². The number of anilines is 1. The van der Waals surface area contributed by atoms with E-state index in [1.54, 1.807) is 20.0 Å². The van der Waals surface area contributed by atoms with Gasteiger partial charge in [-0.2, -0.15) is 0 Å². The molecule has 3 aliphatic rings. The summed E-state index contributed by atoms with van der Waals surface area (Å²) in [5.41, 5.74) is 2.20. The number of hydrogen-bond acceptors (Lipinski definition) is 8. The van der Waals surface area contributed by atoms with Gasteiger partial charge in [-0.15, -0.1) is 11.3 Å². The second-order valence-corrected chi connectivity index (χ2v) is 14.1. The summed E-state index contributed by atoms with van der Waals surface area (Å²) in [5.74, 6) is 2.09. The number of rotatable bonds is 10. The Labute approximate surface area is 234 Å². The molecule has 5 rings (SSSR count). The van der Waals surface area contributed by atoms with Gasteiger partial charge in [0.1, 0.15) is 11.5 Å². The molecule has 8 nitrogen and oxygen atoms in total. The smallest absolute Gasteiger partial charge is 0.404 e. The highest BCUT2D eigenvalue weighted by Crippen LogP contribution is 2.62. The van der Waals surface area contributed by atoms with E-state index in [0.717, 1.165) is 37.0 Å². The predicted octanol–water partition coefficient (Wildman–Crippen LogP) is 7.08. The van der Waals surface area contributed by atoms with Gasteiger partial charge in [0.2, 0.25) is 5.91 Å². The Morgan fingerprint density at radius 3 is 2.69 bits per heavy atom. The van der Waals surface area contributed by atoms with E-state index in [-0.39, 0.29) is 36.4 Å². The van der Waals surface area contributed by atoms with Crippen LogP contribution in [0.25, 0.3) is 0 Å². The van der Waals surface area contributed by atoms with Crippen molar-refractivity contribution >= 4 is 36.0 Å². The highest BCUT2D eigenvalue weighted by molar-refractivity contribution is 7.48. The predicted molar refractivity (Wildman–Crippen MR) is 151 cm³/mol. The molecule has 0 aliphatic heterocycles. The van der Waals surface area contributed by atoms with Crippen LogP contribution in [0.3, 0.4) is 0 Å². The molecule has 2 saturated carbocycles. The lowest BCUT2D eigenvalue weighted by Gasteiger charge is -2.50. The maximum absolute atomic E-state index is 13.3. The molecule has 3 aliphatic carbocycles. The van der Waals surface area contributed by atoms with Crippen molar-refractivity contribution in [2.24, 2.45) is 23.2 Å². The average molecular weight is 575 g/mol. The number of fused-ring (bicyclic) bond motifs is 5. The van der Waals surface area contributed by atoms with E-state index in [4.69, 9.17) is 13.6 Å². The number of phosphoric acid groups is 1. The third kappa shape index (κ3) is 5.74. The number of amides is 1. The summed E-state index contributed by atoms with van der Waals surface area (Å²) < 4.78 is 29.2. The van der Waals surface area contributed by atoms with Crippen LogP contribution in [0.1, 0.15) is 81.2 Å². The molecule has 1 aromatic carbocycles. The molecule has 212 valence electrons. The fourth-order valence-electron chi connectivity index (χ4n) is 7.39. The summed E-state index contributed by atoms with van der Waals surface area (Å²) in [6.07, 6.45) is 7.16. The van der Waals surface area contributed by atoms with Gasteiger partial charge in [0, 0.05) is 29.3 Å². The summed E-state index contributed by atoms with van der Waals surface area (Å²) in [6.45, 7) is 8.12. The van der Waals surface area contributed by atoms with E-state index in [2.05, 4.69) is 23.3 Å². The van der Waals surface area contributed by atoms with Gasteiger partial charge in [0.25, 0.3) is 0 Å². The SMILES string of the molecule is CCOP(=O)(OCC)Oc1ccc2c(c1)CCC1C2CCC2(C)C(=O)CC(CCC(=O)Nc3ncc(C)s3)C12. The number of phosphoric ester groups is 1. The third-order valence-electron chi connectivity index (χ3n) is 8.94. The molecular weight excluding hydrogens is 535 g/mol. The Morgan fingerprint density at radius 1 is 1.23 bits per heavy atom. The van der Waals surface area contributed by atoms with Gasteiger partial charge in [-0.25, -0.2) is 9.55 Å². The molecule has 5 atom stereocenters. The molecular formula is C29H39N2O6PS. The molecule has 0 radical (unpaired) electrons. The number of nitrogens with zero attached hydrogens (tertiary/aromatic N) is 1. The van der Waals surface area contributed by atoms with E-state index < -0.39 is 7.82 Å². The molecule has 1 heterocycles. The van der Waals surface area contributed by atoms with Crippen LogP contribution in [0.2, 0.25) is 0 Å². The van der Waals surface area contributed by atoms with E-state index in [1.807, 2.05) is 19.1 Å². The first-order chi connectivity index (χ1) is 18.7. The van der Waals surface area contributed by atoms with Gasteiger partial charge in [-0.05, 0) is 99.8 Å². The molecule has 0 spiro atoms. The second kappa shape index (κ2) is 11.4. The molecule has 5 unspecified atom stereocenters. The number of aromatic nitrogens is 1. The van der Waals surface area contributed by atoms with Crippen molar-refractivity contribution in [1.82, 2.24) is 4.98 Å². The largest absolute Gasteiger partial charge is 0.530 e. The van der Waals surface area contributed by atoms with Gasteiger partial charge >= 0.3 is 7.82 Å². The number of benzene rings is 1. The van der Waals surface area contributed by atoms with Gasteiger partial charge in [0.05, 0.1) is 13.2 Å². The van der Waals surface area contributed by atoms with Crippen LogP contribution < -0.4 is 9.84 Å². The monoisotopic (exact) mass is 574 g/mol. The van der Waals surface area contributed by atoms with Gasteiger partial charge in [0.15, 0.2) is 5.13 Å². The van der Waals surface area contributed by atoms with Crippen molar-refractivity contribution in [3.05, 3.63) is 40.4 Å². The molecule has 10 heteroatoms. The summed E-state index contributed by atoms with van der Waals surface area (Å²) >= 11 is 1.47. The van der Waals surface area contributed by atoms with Crippen LogP contribution in [-0.4, -0.2) is 29.9 Å². The van der Waals surface area contributed by atoms with Crippen molar-refractivity contribution in [2.75, 3.05) is 18.5 Å². The van der Waals surface area contributed by atoms with Gasteiger partial charge in [-0.1, -0.05) is 13.0 Å². The normalized spacial score (nSPS) is 27.9. The molecule has 1 N–H and O–H groups in total. The van der Waals surface area contributed by atoms with Crippen molar-refractivity contribution in [1.29, 1.82) is 0 Å². The minimum Gasteiger partial charge on any atom is -0.404 e. The Bertz CT molecular complexity index is 1270. The quantitative estimate of drug-likeness (QED) is 0.302. The fourth-order valence-corrected chi connectivity index (χ4v) is 9.25. The minimum absolute atomic E-state index is 0.0318. The second-order valence-electron chi connectivity index (χ2n) is 11.3. The molecule has 39 heavy (non-hydrogen) atoms. The van der Waals surface area contributed by atoms with E-state index in [1.165, 1.54) is 22.5 Å². The zero-order valence-electron chi connectivity index (χ0n) is 23.2. The molecule has 2 aromatic rings. The Kier molecular flexibility index (Phi) is 8.35. The first-order valence-corrected chi connectivity index (χ1v) is 16.4. The number of nitrogens with one attached hydrogen (secondary N) is 1. The highest BCUT2D eigenvalue weighted by Gasteiger charge is 2.58. The summed E-state index contributed by atoms with van der Waals surface area (Å²) in [4.78, 5) is 31.3. The van der Waals surface area contributed by atoms with E-state index >= 15 is 0 Å². The topological polar surface area (TPSA) is 104 Å². The summed E-state index contributed by atoms with van der Waals surface area (Å²) in [7, 11) is -3.66. The Morgan fingerprint density at radius 2 is 2.00 bits per heavy atom. The Hall–Kier alpha value is -2.06. The molecule has 1 aromatic heterocycles. The van der Waals surface area contributed by atoms with Gasteiger partial charge < -0.3 is 9.84 Å². The van der Waals surface area contributed by atoms with Crippen LogP contribution in [-0.2, 0) is 29.6 Å². The lowest BCUT2D eigenvalue weighted by molar-refractivity contribution is -0.129. The minimum atomic E-state index is -3.66. The number of carbonyl (C=O) groups is 2. The van der Waals surface area contributed by atoms with Crippen molar-refractivity contribution in [3.8, 4) is 5.75 Å². The maximum atomic E-state index is 13.3. The van der Waals surface area contributed by atoms with Crippen molar-refractivity contribution < 1.29 is 27.7 Å². The number of Topliss-reactive ketones (excluding diaryl/α,β-unsaturated/α-hetero) is 1. The lowest BCUT2D eigenvalue weighted by atomic mass is 9.54. The number of hydrogen-bond donors (Lipinski definition) is 1. The van der Waals surface area contributed by atoms with Crippen LogP contribution in [0.15, 0.2) is 24.4 Å². The highest BCUT2D eigenvalue weighted by atomic mass is 32.1. The van der Waals surface area contributed by atoms with E-state index in [9.17, 15) is 14.2 Å². The first-order valence-electron chi connectivity index (χ1n) is 14.1. The van der Waals surface area contributed by atoms with Crippen LogP contribution in [0, 0.1) is 30.1 Å². The number of carbonyl (C=O) groups excluding carboxylic acids is 2. The standard InChI is InChI=1S/C29H39N2O6PS/c1-5-35-38(34,36-6-2)37-21-9-11-22-19(15-21)7-10-24-23(22)13-14-29(4)25(32)16-20(27(24)29)8-12-26(33)31-28-30-17-18(3)39-28/h9,11,15,17,20,23-24,27H,5-8,10,12-14,16H2,1-4H3,(H,30,31,33). The lowest BCUT2D eigenvalue weighted by Crippen LogP contribution is -2.44. The molecule has 1 amide bonds. The molecule has 0 saturated heterocycles. The maximum Gasteiger partial charge on any atom is 0.530 e. The Balaban J connectivity index is 1.31. The summed E-state index contributed by atoms with van der Waals surface area (Å²) in [6, 6.07) is 5.94.